The van der Waals surface area contributed by atoms with Crippen LogP contribution in [0.1, 0.15) is 79.6 Å². The molecule has 2 heteroatoms. The van der Waals surface area contributed by atoms with Crippen LogP contribution in [-0.4, -0.2) is 22.7 Å². The van der Waals surface area contributed by atoms with Crippen molar-refractivity contribution in [2.75, 3.05) is 6.26 Å². The Labute approximate surface area is 120 Å². The van der Waals surface area contributed by atoms with E-state index in [1.165, 1.54) is 32.1 Å². The zero-order valence-electron chi connectivity index (χ0n) is 13.5. The van der Waals surface area contributed by atoms with E-state index >= 15 is 0 Å². The lowest BCUT2D eigenvalue weighted by molar-refractivity contribution is 0.183. The Morgan fingerprint density at radius 1 is 0.889 bits per heavy atom. The van der Waals surface area contributed by atoms with Crippen LogP contribution in [0.5, 0.6) is 0 Å². The molecule has 18 heavy (non-hydrogen) atoms. The third kappa shape index (κ3) is 11.4. The molecule has 0 spiro atoms. The minimum absolute atomic E-state index is 0.00690. The molecule has 112 valence electrons. The van der Waals surface area contributed by atoms with Crippen LogP contribution in [-0.2, 0) is 0 Å². The first-order valence-corrected chi connectivity index (χ1v) is 9.22. The summed E-state index contributed by atoms with van der Waals surface area (Å²) in [5.74, 6) is 1.05. The van der Waals surface area contributed by atoms with Crippen molar-refractivity contribution in [1.29, 1.82) is 0 Å². The Kier molecular flexibility index (Phi) is 17.6. The summed E-state index contributed by atoms with van der Waals surface area (Å²) in [4.78, 5) is 0. The van der Waals surface area contributed by atoms with Gasteiger partial charge in [0.1, 0.15) is 0 Å². The van der Waals surface area contributed by atoms with Gasteiger partial charge in [0.2, 0.25) is 0 Å². The van der Waals surface area contributed by atoms with E-state index < -0.39 is 0 Å². The molecule has 2 saturated carbocycles. The zero-order valence-corrected chi connectivity index (χ0v) is 14.4. The van der Waals surface area contributed by atoms with Crippen LogP contribution in [0.4, 0.5) is 0 Å². The van der Waals surface area contributed by atoms with Gasteiger partial charge in [0.25, 0.3) is 0 Å². The maximum Gasteiger partial charge on any atom is 0.0551 e. The summed E-state index contributed by atoms with van der Waals surface area (Å²) in [6, 6.07) is 0. The first-order chi connectivity index (χ1) is 8.72. The van der Waals surface area contributed by atoms with Crippen LogP contribution in [0.25, 0.3) is 0 Å². The van der Waals surface area contributed by atoms with Gasteiger partial charge in [0.05, 0.1) is 6.10 Å². The summed E-state index contributed by atoms with van der Waals surface area (Å²) in [7, 11) is 0. The standard InChI is InChI=1S/C6H12OS.C6H12.2C2H6/c1-8-6-3-2-5(7)4-6;1-6-4-2-3-5-6;2*1-2/h5-7H,2-4H2,1H3;6H,2-5H2,1H3;2*1-2H3. The fourth-order valence-corrected chi connectivity index (χ4v) is 3.05. The molecular weight excluding hydrogens is 240 g/mol. The van der Waals surface area contributed by atoms with E-state index in [0.29, 0.717) is 0 Å². The van der Waals surface area contributed by atoms with E-state index in [-0.39, 0.29) is 6.10 Å². The van der Waals surface area contributed by atoms with E-state index in [9.17, 15) is 0 Å². The lowest BCUT2D eigenvalue weighted by Gasteiger charge is -2.01. The highest BCUT2D eigenvalue weighted by molar-refractivity contribution is 7.99. The Bertz CT molecular complexity index is 144. The van der Waals surface area contributed by atoms with Gasteiger partial charge in [-0.1, -0.05) is 60.3 Å². The maximum atomic E-state index is 9.02. The molecule has 2 rings (SSSR count). The van der Waals surface area contributed by atoms with Crippen molar-refractivity contribution in [2.45, 2.75) is 90.9 Å². The quantitative estimate of drug-likeness (QED) is 0.681. The highest BCUT2D eigenvalue weighted by Crippen LogP contribution is 2.27. The molecule has 0 aromatic carbocycles. The van der Waals surface area contributed by atoms with Gasteiger partial charge in [0.15, 0.2) is 0 Å². The van der Waals surface area contributed by atoms with E-state index in [4.69, 9.17) is 5.11 Å². The third-order valence-corrected chi connectivity index (χ3v) is 4.43. The molecule has 0 aromatic rings. The van der Waals surface area contributed by atoms with Crippen molar-refractivity contribution in [1.82, 2.24) is 0 Å². The molecule has 2 aliphatic carbocycles. The van der Waals surface area contributed by atoms with E-state index in [0.717, 1.165) is 24.0 Å². The number of aliphatic hydroxyl groups excluding tert-OH is 1. The maximum absolute atomic E-state index is 9.02. The normalized spacial score (nSPS) is 26.2. The van der Waals surface area contributed by atoms with Gasteiger partial charge in [-0.05, 0) is 31.4 Å². The van der Waals surface area contributed by atoms with E-state index in [1.807, 2.05) is 39.5 Å². The predicted molar refractivity (Wildman–Crippen MR) is 87.5 cm³/mol. The van der Waals surface area contributed by atoms with Crippen LogP contribution < -0.4 is 0 Å². The van der Waals surface area contributed by atoms with Crippen LogP contribution in [0.2, 0.25) is 0 Å². The average Bonchev–Trinajstić information content (AvgIpc) is 3.06. The second-order valence-corrected chi connectivity index (χ2v) is 5.85. The SMILES string of the molecule is CC.CC.CC1CCCC1.CSC1CCC(O)C1. The Morgan fingerprint density at radius 3 is 1.56 bits per heavy atom. The largest absolute Gasteiger partial charge is 0.393 e. The Balaban J connectivity index is 0. The van der Waals surface area contributed by atoms with Crippen molar-refractivity contribution in [3.8, 4) is 0 Å². The van der Waals surface area contributed by atoms with Gasteiger partial charge in [-0.25, -0.2) is 0 Å². The molecular formula is C16H36OS. The van der Waals surface area contributed by atoms with Gasteiger partial charge in [-0.3, -0.25) is 0 Å². The Hall–Kier alpha value is 0.310. The molecule has 2 aliphatic rings. The molecule has 0 radical (unpaired) electrons. The summed E-state index contributed by atoms with van der Waals surface area (Å²) < 4.78 is 0. The van der Waals surface area contributed by atoms with Crippen molar-refractivity contribution < 1.29 is 5.11 Å². The van der Waals surface area contributed by atoms with Crippen LogP contribution >= 0.6 is 11.8 Å². The van der Waals surface area contributed by atoms with E-state index in [2.05, 4.69) is 13.2 Å². The second kappa shape index (κ2) is 15.4. The zero-order chi connectivity index (χ0) is 14.4. The summed E-state index contributed by atoms with van der Waals surface area (Å²) in [5, 5.41) is 9.76. The topological polar surface area (TPSA) is 20.2 Å². The molecule has 2 atom stereocenters. The number of hydrogen-bond acceptors (Lipinski definition) is 2. The van der Waals surface area contributed by atoms with Crippen LogP contribution in [0.15, 0.2) is 0 Å². The van der Waals surface area contributed by atoms with E-state index in [1.54, 1.807) is 0 Å². The van der Waals surface area contributed by atoms with Gasteiger partial charge in [-0.2, -0.15) is 11.8 Å². The highest BCUT2D eigenvalue weighted by Gasteiger charge is 2.20. The van der Waals surface area contributed by atoms with Gasteiger partial charge < -0.3 is 5.11 Å². The molecule has 0 saturated heterocycles. The smallest absolute Gasteiger partial charge is 0.0551 e. The molecule has 2 fully saturated rings. The summed E-state index contributed by atoms with van der Waals surface area (Å²) in [5.41, 5.74) is 0. The lowest BCUT2D eigenvalue weighted by atomic mass is 10.2. The van der Waals surface area contributed by atoms with Gasteiger partial charge in [-0.15, -0.1) is 0 Å². The summed E-state index contributed by atoms with van der Waals surface area (Å²) in [6.07, 6.45) is 11.3. The molecule has 0 bridgehead atoms. The monoisotopic (exact) mass is 276 g/mol. The first kappa shape index (κ1) is 20.6. The Morgan fingerprint density at radius 2 is 1.39 bits per heavy atom. The molecule has 0 amide bonds. The fourth-order valence-electron chi connectivity index (χ4n) is 2.26. The van der Waals surface area contributed by atoms with Crippen molar-refractivity contribution in [3.63, 3.8) is 0 Å². The molecule has 1 N–H and O–H groups in total. The molecule has 0 heterocycles. The molecule has 2 unspecified atom stereocenters. The average molecular weight is 277 g/mol. The highest BCUT2D eigenvalue weighted by atomic mass is 32.2. The minimum atomic E-state index is 0.00690. The van der Waals surface area contributed by atoms with Gasteiger partial charge in [0, 0.05) is 5.25 Å². The molecule has 0 aromatic heterocycles. The molecule has 1 nitrogen and oxygen atoms in total. The summed E-state index contributed by atoms with van der Waals surface area (Å²) >= 11 is 1.88. The third-order valence-electron chi connectivity index (χ3n) is 3.33. The number of hydrogen-bond donors (Lipinski definition) is 1. The summed E-state index contributed by atoms with van der Waals surface area (Å²) in [6.45, 7) is 10.3. The number of aliphatic hydroxyl groups is 1. The van der Waals surface area contributed by atoms with Crippen molar-refractivity contribution in [3.05, 3.63) is 0 Å². The van der Waals surface area contributed by atoms with Crippen LogP contribution in [0.3, 0.4) is 0 Å². The minimum Gasteiger partial charge on any atom is -0.393 e. The second-order valence-electron chi connectivity index (χ2n) is 4.71. The number of rotatable bonds is 1. The lowest BCUT2D eigenvalue weighted by Crippen LogP contribution is -2.00. The first-order valence-electron chi connectivity index (χ1n) is 7.93. The fraction of sp³-hybridized carbons (Fsp3) is 1.00. The van der Waals surface area contributed by atoms with Crippen molar-refractivity contribution in [2.24, 2.45) is 5.92 Å². The number of thioether (sulfide) groups is 1. The van der Waals surface area contributed by atoms with Crippen molar-refractivity contribution >= 4 is 11.8 Å². The predicted octanol–water partition coefficient (Wildman–Crippen LogP) is 5.51. The van der Waals surface area contributed by atoms with Gasteiger partial charge >= 0.3 is 0 Å². The van der Waals surface area contributed by atoms with Crippen LogP contribution in [0, 0.1) is 5.92 Å². The molecule has 0 aliphatic heterocycles.